The van der Waals surface area contributed by atoms with Crippen LogP contribution in [0, 0.1) is 13.8 Å². The van der Waals surface area contributed by atoms with Crippen molar-refractivity contribution in [3.8, 4) is 5.88 Å². The topological polar surface area (TPSA) is 87.2 Å². The minimum absolute atomic E-state index is 0.587. The average Bonchev–Trinajstić information content (AvgIpc) is 3.18. The first kappa shape index (κ1) is 23.6. The third-order valence-corrected chi connectivity index (χ3v) is 6.64. The summed E-state index contributed by atoms with van der Waals surface area (Å²) in [5, 5.41) is 5.67. The standard InChI is InChI=1S/C26H34N6O3/c1-19-20(2)28-25-4-3-21(16-24(19)25)30-27-18-22-15-23(32-8-12-34-13-9-32)17-26(29-22)35-14-7-31-5-10-33-11-6-31/h3-4,15-18,28,30H,5-14H2,1-2H3/b27-18-. The molecule has 0 atom stereocenters. The van der Waals surface area contributed by atoms with E-state index in [0.29, 0.717) is 12.5 Å². The summed E-state index contributed by atoms with van der Waals surface area (Å²) in [7, 11) is 0. The quantitative estimate of drug-likeness (QED) is 0.380. The Labute approximate surface area is 206 Å². The number of aryl methyl sites for hydroxylation is 2. The Morgan fingerprint density at radius 2 is 1.83 bits per heavy atom. The lowest BCUT2D eigenvalue weighted by Crippen LogP contribution is -2.38. The van der Waals surface area contributed by atoms with E-state index in [9.17, 15) is 0 Å². The van der Waals surface area contributed by atoms with Crippen molar-refractivity contribution in [1.29, 1.82) is 0 Å². The maximum Gasteiger partial charge on any atom is 0.215 e. The van der Waals surface area contributed by atoms with E-state index >= 15 is 0 Å². The third kappa shape index (κ3) is 5.93. The molecule has 5 rings (SSSR count). The molecule has 35 heavy (non-hydrogen) atoms. The molecule has 186 valence electrons. The van der Waals surface area contributed by atoms with Crippen LogP contribution in [0.4, 0.5) is 11.4 Å². The van der Waals surface area contributed by atoms with Gasteiger partial charge in [0.25, 0.3) is 0 Å². The zero-order valence-electron chi connectivity index (χ0n) is 20.5. The van der Waals surface area contributed by atoms with Crippen molar-refractivity contribution in [2.24, 2.45) is 5.10 Å². The largest absolute Gasteiger partial charge is 0.476 e. The second-order valence-electron chi connectivity index (χ2n) is 9.00. The van der Waals surface area contributed by atoms with Gasteiger partial charge in [-0.05, 0) is 43.7 Å². The molecule has 4 heterocycles. The molecule has 0 unspecified atom stereocenters. The van der Waals surface area contributed by atoms with Gasteiger partial charge in [0.15, 0.2) is 0 Å². The first-order chi connectivity index (χ1) is 17.2. The number of benzene rings is 1. The minimum Gasteiger partial charge on any atom is -0.476 e. The molecule has 2 aromatic heterocycles. The SMILES string of the molecule is Cc1[nH]c2ccc(N/N=C\c3cc(N4CCOCC4)cc(OCCN4CCOCC4)n3)cc2c1C. The van der Waals surface area contributed by atoms with Gasteiger partial charge in [0.2, 0.25) is 5.88 Å². The Morgan fingerprint density at radius 1 is 1.06 bits per heavy atom. The molecule has 2 N–H and O–H groups in total. The summed E-state index contributed by atoms with van der Waals surface area (Å²) in [5.41, 5.74) is 9.48. The number of morpholine rings is 2. The Balaban J connectivity index is 1.29. The smallest absolute Gasteiger partial charge is 0.215 e. The first-order valence-electron chi connectivity index (χ1n) is 12.3. The van der Waals surface area contributed by atoms with Crippen LogP contribution in [0.1, 0.15) is 17.0 Å². The van der Waals surface area contributed by atoms with E-state index in [4.69, 9.17) is 19.2 Å². The number of hydrazone groups is 1. The lowest BCUT2D eigenvalue weighted by atomic mass is 10.1. The van der Waals surface area contributed by atoms with Gasteiger partial charge in [0.1, 0.15) is 6.61 Å². The van der Waals surface area contributed by atoms with Gasteiger partial charge in [-0.3, -0.25) is 10.3 Å². The van der Waals surface area contributed by atoms with E-state index in [0.717, 1.165) is 81.7 Å². The number of hydrogen-bond donors (Lipinski definition) is 2. The summed E-state index contributed by atoms with van der Waals surface area (Å²) in [6.45, 7) is 12.3. The van der Waals surface area contributed by atoms with Crippen LogP contribution < -0.4 is 15.1 Å². The van der Waals surface area contributed by atoms with Gasteiger partial charge in [0.05, 0.1) is 44.0 Å². The van der Waals surface area contributed by atoms with E-state index in [1.165, 1.54) is 16.6 Å². The molecule has 2 aliphatic heterocycles. The van der Waals surface area contributed by atoms with Crippen LogP contribution in [0.25, 0.3) is 10.9 Å². The van der Waals surface area contributed by atoms with Gasteiger partial charge >= 0.3 is 0 Å². The number of hydrogen-bond acceptors (Lipinski definition) is 8. The van der Waals surface area contributed by atoms with E-state index < -0.39 is 0 Å². The van der Waals surface area contributed by atoms with Crippen molar-refractivity contribution in [3.63, 3.8) is 0 Å². The van der Waals surface area contributed by atoms with Crippen LogP contribution in [0.3, 0.4) is 0 Å². The zero-order valence-corrected chi connectivity index (χ0v) is 20.5. The molecule has 0 spiro atoms. The fourth-order valence-corrected chi connectivity index (χ4v) is 4.46. The number of nitrogens with zero attached hydrogens (tertiary/aromatic N) is 4. The van der Waals surface area contributed by atoms with Gasteiger partial charge in [0, 0.05) is 61.1 Å². The van der Waals surface area contributed by atoms with Crippen LogP contribution in [0.2, 0.25) is 0 Å². The molecule has 2 fully saturated rings. The second-order valence-corrected chi connectivity index (χ2v) is 9.00. The van der Waals surface area contributed by atoms with Crippen LogP contribution in [-0.2, 0) is 9.47 Å². The van der Waals surface area contributed by atoms with Crippen LogP contribution in [-0.4, -0.2) is 86.8 Å². The Hall–Kier alpha value is -3.14. The minimum atomic E-state index is 0.587. The summed E-state index contributed by atoms with van der Waals surface area (Å²) >= 11 is 0. The number of H-pyrrole nitrogens is 1. The van der Waals surface area contributed by atoms with Crippen LogP contribution in [0.5, 0.6) is 5.88 Å². The number of aromatic amines is 1. The molecule has 9 heteroatoms. The number of aromatic nitrogens is 2. The molecule has 2 saturated heterocycles. The van der Waals surface area contributed by atoms with Gasteiger partial charge in [-0.15, -0.1) is 0 Å². The van der Waals surface area contributed by atoms with Crippen molar-refractivity contribution < 1.29 is 14.2 Å². The lowest BCUT2D eigenvalue weighted by Gasteiger charge is -2.29. The van der Waals surface area contributed by atoms with Crippen molar-refractivity contribution in [2.75, 3.05) is 76.1 Å². The van der Waals surface area contributed by atoms with Gasteiger partial charge in [-0.25, -0.2) is 4.98 Å². The molecule has 3 aromatic rings. The van der Waals surface area contributed by atoms with Crippen LogP contribution in [0.15, 0.2) is 35.4 Å². The molecule has 1 aromatic carbocycles. The number of ether oxygens (including phenoxy) is 3. The lowest BCUT2D eigenvalue weighted by molar-refractivity contribution is 0.0320. The summed E-state index contributed by atoms with van der Waals surface area (Å²) in [6.07, 6.45) is 1.75. The maximum absolute atomic E-state index is 6.07. The monoisotopic (exact) mass is 478 g/mol. The number of anilines is 2. The Bertz CT molecular complexity index is 1170. The average molecular weight is 479 g/mol. The molecule has 0 radical (unpaired) electrons. The predicted octanol–water partition coefficient (Wildman–Crippen LogP) is 3.17. The first-order valence-corrected chi connectivity index (χ1v) is 12.3. The number of fused-ring (bicyclic) bond motifs is 1. The molecule has 0 bridgehead atoms. The highest BCUT2D eigenvalue weighted by atomic mass is 16.5. The summed E-state index contributed by atoms with van der Waals surface area (Å²) in [6, 6.07) is 10.3. The zero-order chi connectivity index (χ0) is 24.0. The predicted molar refractivity (Wildman–Crippen MR) is 139 cm³/mol. The van der Waals surface area contributed by atoms with Crippen molar-refractivity contribution in [2.45, 2.75) is 13.8 Å². The highest BCUT2D eigenvalue weighted by Gasteiger charge is 2.15. The Morgan fingerprint density at radius 3 is 2.63 bits per heavy atom. The highest BCUT2D eigenvalue weighted by Crippen LogP contribution is 2.25. The van der Waals surface area contributed by atoms with E-state index in [1.54, 1.807) is 6.21 Å². The van der Waals surface area contributed by atoms with Gasteiger partial charge in [-0.1, -0.05) is 0 Å². The maximum atomic E-state index is 6.07. The number of pyridine rings is 1. The molecular formula is C26H34N6O3. The number of nitrogens with one attached hydrogen (secondary N) is 2. The summed E-state index contributed by atoms with van der Waals surface area (Å²) < 4.78 is 17.0. The number of rotatable bonds is 8. The van der Waals surface area contributed by atoms with E-state index in [2.05, 4.69) is 51.3 Å². The van der Waals surface area contributed by atoms with E-state index in [-0.39, 0.29) is 0 Å². The third-order valence-electron chi connectivity index (χ3n) is 6.64. The second kappa shape index (κ2) is 11.1. The molecule has 0 amide bonds. The summed E-state index contributed by atoms with van der Waals surface area (Å²) in [5.74, 6) is 0.614. The molecule has 2 aliphatic rings. The highest BCUT2D eigenvalue weighted by molar-refractivity contribution is 5.87. The van der Waals surface area contributed by atoms with Crippen molar-refractivity contribution >= 4 is 28.5 Å². The van der Waals surface area contributed by atoms with Crippen LogP contribution >= 0.6 is 0 Å². The Kier molecular flexibility index (Phi) is 7.46. The summed E-state index contributed by atoms with van der Waals surface area (Å²) in [4.78, 5) is 12.8. The molecule has 9 nitrogen and oxygen atoms in total. The fraction of sp³-hybridized carbons (Fsp3) is 0.462. The van der Waals surface area contributed by atoms with Gasteiger partial charge in [-0.2, -0.15) is 5.10 Å². The molecule has 0 aliphatic carbocycles. The normalized spacial score (nSPS) is 17.4. The van der Waals surface area contributed by atoms with Crippen molar-refractivity contribution in [1.82, 2.24) is 14.9 Å². The fourth-order valence-electron chi connectivity index (χ4n) is 4.46. The van der Waals surface area contributed by atoms with Crippen molar-refractivity contribution in [3.05, 3.63) is 47.3 Å². The van der Waals surface area contributed by atoms with E-state index in [1.807, 2.05) is 18.2 Å². The molecule has 0 saturated carbocycles. The van der Waals surface area contributed by atoms with Gasteiger partial charge < -0.3 is 24.1 Å². The molecular weight excluding hydrogens is 444 g/mol.